The first-order valence-corrected chi connectivity index (χ1v) is 10.1. The van der Waals surface area contributed by atoms with Crippen LogP contribution in [-0.2, 0) is 14.8 Å². The van der Waals surface area contributed by atoms with Gasteiger partial charge in [-0.3, -0.25) is 9.10 Å². The van der Waals surface area contributed by atoms with Crippen molar-refractivity contribution in [2.24, 2.45) is 0 Å². The Morgan fingerprint density at radius 3 is 2.37 bits per heavy atom. The molecule has 0 saturated carbocycles. The zero-order valence-corrected chi connectivity index (χ0v) is 16.2. The summed E-state index contributed by atoms with van der Waals surface area (Å²) in [5.74, 6) is 0.0558. The molecule has 0 fully saturated rings. The van der Waals surface area contributed by atoms with Crippen LogP contribution in [0.25, 0.3) is 0 Å². The summed E-state index contributed by atoms with van der Waals surface area (Å²) >= 11 is 0. The van der Waals surface area contributed by atoms with Crippen LogP contribution in [0.15, 0.2) is 48.5 Å². The molecule has 27 heavy (non-hydrogen) atoms. The molecule has 0 unspecified atom stereocenters. The van der Waals surface area contributed by atoms with Crippen molar-refractivity contribution in [1.29, 1.82) is 5.26 Å². The fourth-order valence-electron chi connectivity index (χ4n) is 2.37. The van der Waals surface area contributed by atoms with Crippen LogP contribution in [0.5, 0.6) is 5.75 Å². The van der Waals surface area contributed by atoms with Crippen LogP contribution in [0, 0.1) is 11.3 Å². The lowest BCUT2D eigenvalue weighted by atomic mass is 10.2. The van der Waals surface area contributed by atoms with Crippen molar-refractivity contribution < 1.29 is 17.9 Å². The highest BCUT2D eigenvalue weighted by molar-refractivity contribution is 7.92. The van der Waals surface area contributed by atoms with Gasteiger partial charge in [0.05, 0.1) is 29.3 Å². The summed E-state index contributed by atoms with van der Waals surface area (Å²) in [4.78, 5) is 12.4. The van der Waals surface area contributed by atoms with Gasteiger partial charge in [0.1, 0.15) is 18.4 Å². The van der Waals surface area contributed by atoms with Crippen molar-refractivity contribution in [3.63, 3.8) is 0 Å². The summed E-state index contributed by atoms with van der Waals surface area (Å²) < 4.78 is 30.9. The number of rotatable bonds is 7. The Bertz CT molecular complexity index is 948. The maximum Gasteiger partial charge on any atom is 0.245 e. The summed E-state index contributed by atoms with van der Waals surface area (Å²) in [7, 11) is -3.69. The van der Waals surface area contributed by atoms with Gasteiger partial charge in [-0.05, 0) is 50.2 Å². The number of sulfonamides is 1. The first-order chi connectivity index (χ1) is 12.7. The van der Waals surface area contributed by atoms with Crippen LogP contribution in [-0.4, -0.2) is 33.2 Å². The van der Waals surface area contributed by atoms with E-state index in [1.54, 1.807) is 48.5 Å². The molecule has 0 atom stereocenters. The molecule has 0 saturated heterocycles. The zero-order valence-electron chi connectivity index (χ0n) is 15.3. The highest BCUT2D eigenvalue weighted by Crippen LogP contribution is 2.22. The Labute approximate surface area is 159 Å². The van der Waals surface area contributed by atoms with Gasteiger partial charge in [0, 0.05) is 0 Å². The molecular formula is C19H21N3O4S. The standard InChI is InChI=1S/C19H21N3O4S/c1-14(2)26-17-10-8-16(9-11-17)22(27(3,24)25)13-19(23)21-18-7-5-4-6-15(18)12-20/h4-11,14H,13H2,1-3H3,(H,21,23). The SMILES string of the molecule is CC(C)Oc1ccc(N(CC(=O)Nc2ccccc2C#N)S(C)(=O)=O)cc1. The zero-order chi connectivity index (χ0) is 20.0. The number of nitriles is 1. The van der Waals surface area contributed by atoms with Gasteiger partial charge in [0.2, 0.25) is 15.9 Å². The second kappa shape index (κ2) is 8.56. The summed E-state index contributed by atoms with van der Waals surface area (Å²) in [6.45, 7) is 3.36. The van der Waals surface area contributed by atoms with Gasteiger partial charge in [-0.2, -0.15) is 5.26 Å². The first kappa shape index (κ1) is 20.3. The van der Waals surface area contributed by atoms with Crippen LogP contribution >= 0.6 is 0 Å². The summed E-state index contributed by atoms with van der Waals surface area (Å²) in [6, 6.07) is 14.9. The van der Waals surface area contributed by atoms with Crippen LogP contribution in [0.1, 0.15) is 19.4 Å². The Morgan fingerprint density at radius 1 is 1.19 bits per heavy atom. The van der Waals surface area contributed by atoms with Gasteiger partial charge >= 0.3 is 0 Å². The Morgan fingerprint density at radius 2 is 1.81 bits per heavy atom. The number of para-hydroxylation sites is 1. The van der Waals surface area contributed by atoms with Gasteiger partial charge in [-0.15, -0.1) is 0 Å². The molecular weight excluding hydrogens is 366 g/mol. The van der Waals surface area contributed by atoms with Crippen molar-refractivity contribution in [3.05, 3.63) is 54.1 Å². The number of nitrogens with zero attached hydrogens (tertiary/aromatic N) is 2. The van der Waals surface area contributed by atoms with E-state index in [-0.39, 0.29) is 6.10 Å². The van der Waals surface area contributed by atoms with Crippen molar-refractivity contribution in [3.8, 4) is 11.8 Å². The maximum atomic E-state index is 12.4. The minimum Gasteiger partial charge on any atom is -0.491 e. The third-order valence-corrected chi connectivity index (χ3v) is 4.65. The lowest BCUT2D eigenvalue weighted by Gasteiger charge is -2.22. The Kier molecular flexibility index (Phi) is 6.42. The normalized spacial score (nSPS) is 10.9. The topological polar surface area (TPSA) is 99.5 Å². The monoisotopic (exact) mass is 387 g/mol. The third kappa shape index (κ3) is 5.72. The van der Waals surface area contributed by atoms with E-state index >= 15 is 0 Å². The summed E-state index contributed by atoms with van der Waals surface area (Å²) in [5.41, 5.74) is 0.975. The van der Waals surface area contributed by atoms with E-state index in [1.807, 2.05) is 19.9 Å². The molecule has 7 nitrogen and oxygen atoms in total. The van der Waals surface area contributed by atoms with Gasteiger partial charge in [0.15, 0.2) is 0 Å². The van der Waals surface area contributed by atoms with Gasteiger partial charge in [-0.1, -0.05) is 12.1 Å². The minimum absolute atomic E-state index is 0.00663. The van der Waals surface area contributed by atoms with Gasteiger partial charge in [0.25, 0.3) is 0 Å². The highest BCUT2D eigenvalue weighted by Gasteiger charge is 2.21. The van der Waals surface area contributed by atoms with E-state index in [1.165, 1.54) is 0 Å². The van der Waals surface area contributed by atoms with E-state index < -0.39 is 22.5 Å². The molecule has 2 aromatic carbocycles. The molecule has 2 aromatic rings. The molecule has 0 aliphatic heterocycles. The molecule has 8 heteroatoms. The fraction of sp³-hybridized carbons (Fsp3) is 0.263. The second-order valence-corrected chi connectivity index (χ2v) is 8.04. The van der Waals surface area contributed by atoms with Crippen LogP contribution in [0.2, 0.25) is 0 Å². The molecule has 2 rings (SSSR count). The molecule has 0 radical (unpaired) electrons. The van der Waals surface area contributed by atoms with Crippen LogP contribution in [0.3, 0.4) is 0 Å². The number of benzene rings is 2. The van der Waals surface area contributed by atoms with Gasteiger partial charge < -0.3 is 10.1 Å². The fourth-order valence-corrected chi connectivity index (χ4v) is 3.23. The number of anilines is 2. The molecule has 0 bridgehead atoms. The lowest BCUT2D eigenvalue weighted by molar-refractivity contribution is -0.114. The molecule has 0 spiro atoms. The average molecular weight is 387 g/mol. The van der Waals surface area contributed by atoms with E-state index in [4.69, 9.17) is 10.00 Å². The van der Waals surface area contributed by atoms with Crippen molar-refractivity contribution in [2.45, 2.75) is 20.0 Å². The average Bonchev–Trinajstić information content (AvgIpc) is 2.59. The number of ether oxygens (including phenoxy) is 1. The van der Waals surface area contributed by atoms with E-state index in [0.29, 0.717) is 22.7 Å². The van der Waals surface area contributed by atoms with Crippen molar-refractivity contribution >= 4 is 27.3 Å². The molecule has 142 valence electrons. The number of carbonyl (C=O) groups excluding carboxylic acids is 1. The Balaban J connectivity index is 2.20. The largest absolute Gasteiger partial charge is 0.491 e. The molecule has 1 N–H and O–H groups in total. The Hall–Kier alpha value is -3.05. The smallest absolute Gasteiger partial charge is 0.245 e. The van der Waals surface area contributed by atoms with E-state index in [9.17, 15) is 13.2 Å². The van der Waals surface area contributed by atoms with Crippen molar-refractivity contribution in [2.75, 3.05) is 22.4 Å². The predicted octanol–water partition coefficient (Wildman–Crippen LogP) is 2.75. The number of hydrogen-bond acceptors (Lipinski definition) is 5. The quantitative estimate of drug-likeness (QED) is 0.787. The molecule has 0 aromatic heterocycles. The number of amides is 1. The lowest BCUT2D eigenvalue weighted by Crippen LogP contribution is -2.37. The van der Waals surface area contributed by atoms with Crippen LogP contribution in [0.4, 0.5) is 11.4 Å². The predicted molar refractivity (Wildman–Crippen MR) is 104 cm³/mol. The highest BCUT2D eigenvalue weighted by atomic mass is 32.2. The van der Waals surface area contributed by atoms with E-state index in [2.05, 4.69) is 5.32 Å². The van der Waals surface area contributed by atoms with Crippen molar-refractivity contribution in [1.82, 2.24) is 0 Å². The molecule has 0 aliphatic carbocycles. The number of carbonyl (C=O) groups is 1. The first-order valence-electron chi connectivity index (χ1n) is 8.24. The molecule has 0 heterocycles. The van der Waals surface area contributed by atoms with E-state index in [0.717, 1.165) is 10.6 Å². The minimum atomic E-state index is -3.69. The summed E-state index contributed by atoms with van der Waals surface area (Å²) in [6.07, 6.45) is 1.02. The third-order valence-electron chi connectivity index (χ3n) is 3.51. The summed E-state index contributed by atoms with van der Waals surface area (Å²) in [5, 5.41) is 11.7. The maximum absolute atomic E-state index is 12.4. The number of nitrogens with one attached hydrogen (secondary N) is 1. The number of hydrogen-bond donors (Lipinski definition) is 1. The molecule has 0 aliphatic rings. The van der Waals surface area contributed by atoms with Crippen LogP contribution < -0.4 is 14.4 Å². The second-order valence-electron chi connectivity index (χ2n) is 6.14. The van der Waals surface area contributed by atoms with Gasteiger partial charge in [-0.25, -0.2) is 8.42 Å². The molecule has 1 amide bonds.